The number of likely N-dealkylation sites (tertiary alicyclic amines) is 1. The Morgan fingerprint density at radius 1 is 1.24 bits per heavy atom. The van der Waals surface area contributed by atoms with Crippen molar-refractivity contribution in [3.05, 3.63) is 35.9 Å². The van der Waals surface area contributed by atoms with Crippen LogP contribution >= 0.6 is 0 Å². The van der Waals surface area contributed by atoms with Gasteiger partial charge in [0, 0.05) is 24.7 Å². The Morgan fingerprint density at radius 3 is 2.60 bits per heavy atom. The van der Waals surface area contributed by atoms with Gasteiger partial charge < -0.3 is 10.6 Å². The first-order valence-electron chi connectivity index (χ1n) is 9.27. The lowest BCUT2D eigenvalue weighted by Crippen LogP contribution is -2.51. The molecule has 5 nitrogen and oxygen atoms in total. The van der Waals surface area contributed by atoms with Gasteiger partial charge in [-0.2, -0.15) is 0 Å². The second-order valence-corrected chi connectivity index (χ2v) is 7.48. The van der Waals surface area contributed by atoms with Crippen molar-refractivity contribution in [1.29, 1.82) is 0 Å². The molecule has 2 amide bonds. The van der Waals surface area contributed by atoms with Gasteiger partial charge in [-0.25, -0.2) is 0 Å². The van der Waals surface area contributed by atoms with Crippen LogP contribution in [0.5, 0.6) is 0 Å². The minimum absolute atomic E-state index is 0.0177. The van der Waals surface area contributed by atoms with E-state index in [4.69, 9.17) is 0 Å². The Morgan fingerprint density at radius 2 is 1.96 bits per heavy atom. The van der Waals surface area contributed by atoms with Crippen molar-refractivity contribution < 1.29 is 9.59 Å². The lowest BCUT2D eigenvalue weighted by atomic mass is 9.77. The van der Waals surface area contributed by atoms with Crippen LogP contribution in [0.4, 0.5) is 0 Å². The van der Waals surface area contributed by atoms with Crippen molar-refractivity contribution >= 4 is 11.8 Å². The van der Waals surface area contributed by atoms with E-state index in [0.29, 0.717) is 24.7 Å². The summed E-state index contributed by atoms with van der Waals surface area (Å²) in [7, 11) is 0. The summed E-state index contributed by atoms with van der Waals surface area (Å²) in [5.74, 6) is 0.0885. The SMILES string of the molecule is CCCNC(=O)CN1CCC(C)(CNC(=O)c2ccccc2)CC1C. The molecular formula is C20H31N3O2. The molecule has 1 saturated heterocycles. The normalized spacial score (nSPS) is 23.9. The van der Waals surface area contributed by atoms with Crippen molar-refractivity contribution in [2.45, 2.75) is 46.1 Å². The van der Waals surface area contributed by atoms with Crippen LogP contribution in [-0.4, -0.2) is 48.9 Å². The number of nitrogens with one attached hydrogen (secondary N) is 2. The highest BCUT2D eigenvalue weighted by molar-refractivity contribution is 5.94. The van der Waals surface area contributed by atoms with Crippen LogP contribution < -0.4 is 10.6 Å². The number of benzene rings is 1. The molecule has 2 unspecified atom stereocenters. The largest absolute Gasteiger partial charge is 0.355 e. The summed E-state index contributed by atoms with van der Waals surface area (Å²) in [4.78, 5) is 26.4. The summed E-state index contributed by atoms with van der Waals surface area (Å²) in [6.45, 7) is 9.21. The topological polar surface area (TPSA) is 61.4 Å². The van der Waals surface area contributed by atoms with E-state index in [2.05, 4.69) is 36.3 Å². The number of hydrogen-bond acceptors (Lipinski definition) is 3. The van der Waals surface area contributed by atoms with E-state index in [9.17, 15) is 9.59 Å². The van der Waals surface area contributed by atoms with Gasteiger partial charge in [-0.3, -0.25) is 14.5 Å². The average molecular weight is 345 g/mol. The summed E-state index contributed by atoms with van der Waals surface area (Å²) >= 11 is 0. The van der Waals surface area contributed by atoms with Gasteiger partial charge in [0.2, 0.25) is 5.91 Å². The minimum atomic E-state index is -0.0177. The average Bonchev–Trinajstić information content (AvgIpc) is 2.61. The van der Waals surface area contributed by atoms with Crippen molar-refractivity contribution in [2.24, 2.45) is 5.41 Å². The first-order chi connectivity index (χ1) is 11.9. The number of rotatable bonds is 7. The summed E-state index contributed by atoms with van der Waals surface area (Å²) in [5, 5.41) is 6.02. The number of carbonyl (C=O) groups is 2. The molecule has 2 N–H and O–H groups in total. The Kier molecular flexibility index (Phi) is 7.00. The first kappa shape index (κ1) is 19.4. The number of hydrogen-bond donors (Lipinski definition) is 2. The lowest BCUT2D eigenvalue weighted by molar-refractivity contribution is -0.123. The van der Waals surface area contributed by atoms with E-state index < -0.39 is 0 Å². The summed E-state index contributed by atoms with van der Waals surface area (Å²) in [6, 6.07) is 9.66. The molecule has 2 atom stereocenters. The second-order valence-electron chi connectivity index (χ2n) is 7.48. The second kappa shape index (κ2) is 8.99. The third-order valence-corrected chi connectivity index (χ3v) is 5.04. The first-order valence-corrected chi connectivity index (χ1v) is 9.27. The molecule has 1 aliphatic heterocycles. The van der Waals surface area contributed by atoms with Gasteiger partial charge in [0.25, 0.3) is 5.91 Å². The van der Waals surface area contributed by atoms with Crippen molar-refractivity contribution in [3.8, 4) is 0 Å². The van der Waals surface area contributed by atoms with Gasteiger partial charge >= 0.3 is 0 Å². The maximum atomic E-state index is 12.2. The molecule has 0 saturated carbocycles. The number of carbonyl (C=O) groups excluding carboxylic acids is 2. The Hall–Kier alpha value is -1.88. The fourth-order valence-corrected chi connectivity index (χ4v) is 3.46. The molecule has 2 rings (SSSR count). The predicted octanol–water partition coefficient (Wildman–Crippen LogP) is 2.43. The van der Waals surface area contributed by atoms with Crippen molar-refractivity contribution in [2.75, 3.05) is 26.2 Å². The van der Waals surface area contributed by atoms with Gasteiger partial charge in [0.15, 0.2) is 0 Å². The molecule has 0 spiro atoms. The van der Waals surface area contributed by atoms with Crippen LogP contribution in [0.25, 0.3) is 0 Å². The van der Waals surface area contributed by atoms with E-state index in [0.717, 1.165) is 32.4 Å². The summed E-state index contributed by atoms with van der Waals surface area (Å²) in [6.07, 6.45) is 2.91. The van der Waals surface area contributed by atoms with Crippen LogP contribution in [-0.2, 0) is 4.79 Å². The highest BCUT2D eigenvalue weighted by Gasteiger charge is 2.35. The molecule has 1 heterocycles. The van der Waals surface area contributed by atoms with Crippen molar-refractivity contribution in [3.63, 3.8) is 0 Å². The Bertz CT molecular complexity index is 576. The summed E-state index contributed by atoms with van der Waals surface area (Å²) in [5.41, 5.74) is 0.768. The number of amides is 2. The highest BCUT2D eigenvalue weighted by atomic mass is 16.2. The molecule has 1 fully saturated rings. The molecule has 0 aliphatic carbocycles. The Balaban J connectivity index is 1.82. The van der Waals surface area contributed by atoms with Crippen molar-refractivity contribution in [1.82, 2.24) is 15.5 Å². The Labute approximate surface area is 151 Å². The number of nitrogens with zero attached hydrogens (tertiary/aromatic N) is 1. The highest BCUT2D eigenvalue weighted by Crippen LogP contribution is 2.33. The van der Waals surface area contributed by atoms with Gasteiger partial charge in [-0.15, -0.1) is 0 Å². The quantitative estimate of drug-likeness (QED) is 0.798. The third-order valence-electron chi connectivity index (χ3n) is 5.04. The van der Waals surface area contributed by atoms with Crippen LogP contribution in [0.3, 0.4) is 0 Å². The molecule has 0 radical (unpaired) electrons. The van der Waals surface area contributed by atoms with E-state index in [1.54, 1.807) is 0 Å². The van der Waals surface area contributed by atoms with Gasteiger partial charge in [-0.05, 0) is 50.3 Å². The molecule has 138 valence electrons. The van der Waals surface area contributed by atoms with Crippen LogP contribution in [0, 0.1) is 5.41 Å². The van der Waals surface area contributed by atoms with Crippen LogP contribution in [0.1, 0.15) is 50.4 Å². The zero-order valence-corrected chi connectivity index (χ0v) is 15.7. The lowest BCUT2D eigenvalue weighted by Gasteiger charge is -2.43. The fourth-order valence-electron chi connectivity index (χ4n) is 3.46. The summed E-state index contributed by atoms with van der Waals surface area (Å²) < 4.78 is 0. The van der Waals surface area contributed by atoms with Crippen LogP contribution in [0.15, 0.2) is 30.3 Å². The molecular weight excluding hydrogens is 314 g/mol. The molecule has 1 aromatic rings. The molecule has 25 heavy (non-hydrogen) atoms. The molecule has 0 aromatic heterocycles. The monoisotopic (exact) mass is 345 g/mol. The maximum Gasteiger partial charge on any atom is 0.251 e. The fraction of sp³-hybridized carbons (Fsp3) is 0.600. The van der Waals surface area contributed by atoms with E-state index in [1.165, 1.54) is 0 Å². The minimum Gasteiger partial charge on any atom is -0.355 e. The third kappa shape index (κ3) is 5.85. The zero-order chi connectivity index (χ0) is 18.3. The molecule has 0 bridgehead atoms. The predicted molar refractivity (Wildman–Crippen MR) is 100 cm³/mol. The van der Waals surface area contributed by atoms with E-state index in [1.807, 2.05) is 30.3 Å². The number of piperidine rings is 1. The standard InChI is InChI=1S/C20H31N3O2/c1-4-11-21-18(24)14-23-12-10-20(3,13-16(23)2)15-22-19(25)17-8-6-5-7-9-17/h5-9,16H,4,10-15H2,1-3H3,(H,21,24)(H,22,25). The van der Waals surface area contributed by atoms with Gasteiger partial charge in [-0.1, -0.05) is 32.0 Å². The van der Waals surface area contributed by atoms with E-state index >= 15 is 0 Å². The smallest absolute Gasteiger partial charge is 0.251 e. The molecule has 1 aromatic carbocycles. The van der Waals surface area contributed by atoms with Gasteiger partial charge in [0.05, 0.1) is 6.54 Å². The van der Waals surface area contributed by atoms with Crippen LogP contribution in [0.2, 0.25) is 0 Å². The molecule has 5 heteroatoms. The van der Waals surface area contributed by atoms with E-state index in [-0.39, 0.29) is 17.2 Å². The molecule has 1 aliphatic rings. The zero-order valence-electron chi connectivity index (χ0n) is 15.7. The van der Waals surface area contributed by atoms with Gasteiger partial charge in [0.1, 0.15) is 0 Å². The maximum absolute atomic E-state index is 12.2.